The molecule has 0 radical (unpaired) electrons. The maximum atomic E-state index is 11.7. The molecule has 0 aromatic carbocycles. The summed E-state index contributed by atoms with van der Waals surface area (Å²) in [6.07, 6.45) is 9.56. The lowest BCUT2D eigenvalue weighted by Crippen LogP contribution is -2.31. The molecule has 5 heteroatoms. The molecular formula is C14H24BrNO3. The van der Waals surface area contributed by atoms with Crippen molar-refractivity contribution in [1.29, 1.82) is 0 Å². The fraction of sp³-hybridized carbons (Fsp3) is 0.857. The number of imide groups is 1. The smallest absolute Gasteiger partial charge is 0.416 e. The van der Waals surface area contributed by atoms with Gasteiger partial charge in [-0.2, -0.15) is 0 Å². The normalized spacial score (nSPS) is 14.8. The number of alkyl halides is 1. The number of carbonyl (C=O) groups is 2. The maximum absolute atomic E-state index is 11.7. The summed E-state index contributed by atoms with van der Waals surface area (Å²) < 4.78 is 4.74. The van der Waals surface area contributed by atoms with E-state index < -0.39 is 6.09 Å². The lowest BCUT2D eigenvalue weighted by molar-refractivity contribution is -0.127. The molecule has 0 spiro atoms. The van der Waals surface area contributed by atoms with Crippen LogP contribution in [0.5, 0.6) is 0 Å². The number of hydrogen-bond donors (Lipinski definition) is 0. The van der Waals surface area contributed by atoms with Crippen LogP contribution in [-0.2, 0) is 9.53 Å². The average Bonchev–Trinajstić information content (AvgIpc) is 2.83. The minimum atomic E-state index is -0.475. The van der Waals surface area contributed by atoms with Crippen LogP contribution in [-0.4, -0.2) is 35.4 Å². The van der Waals surface area contributed by atoms with Crippen LogP contribution in [0.1, 0.15) is 57.8 Å². The molecule has 0 atom stereocenters. The molecule has 1 fully saturated rings. The van der Waals surface area contributed by atoms with E-state index in [9.17, 15) is 9.59 Å². The Morgan fingerprint density at radius 3 is 2.16 bits per heavy atom. The zero-order valence-electron chi connectivity index (χ0n) is 11.5. The Balaban J connectivity index is 1.90. The molecule has 0 unspecified atom stereocenters. The molecule has 0 saturated carbocycles. The van der Waals surface area contributed by atoms with Gasteiger partial charge in [0, 0.05) is 11.8 Å². The summed E-state index contributed by atoms with van der Waals surface area (Å²) in [6, 6.07) is 0. The van der Waals surface area contributed by atoms with Gasteiger partial charge in [0.05, 0.1) is 6.54 Å². The first kappa shape index (κ1) is 16.5. The largest absolute Gasteiger partial charge is 0.447 e. The fourth-order valence-corrected chi connectivity index (χ4v) is 2.58. The Morgan fingerprint density at radius 2 is 1.63 bits per heavy atom. The van der Waals surface area contributed by atoms with Gasteiger partial charge in [0.15, 0.2) is 0 Å². The van der Waals surface area contributed by atoms with Crippen molar-refractivity contribution in [1.82, 2.24) is 4.90 Å². The van der Waals surface area contributed by atoms with Crippen LogP contribution in [0.4, 0.5) is 4.79 Å². The van der Waals surface area contributed by atoms with Crippen molar-refractivity contribution >= 4 is 27.9 Å². The van der Waals surface area contributed by atoms with Gasteiger partial charge in [-0.05, 0) is 12.8 Å². The summed E-state index contributed by atoms with van der Waals surface area (Å²) in [6.45, 7) is 0.768. The summed E-state index contributed by atoms with van der Waals surface area (Å²) in [4.78, 5) is 24.1. The van der Waals surface area contributed by atoms with Gasteiger partial charge >= 0.3 is 6.09 Å². The van der Waals surface area contributed by atoms with Gasteiger partial charge < -0.3 is 4.74 Å². The molecule has 0 aromatic rings. The molecule has 1 aliphatic heterocycles. The van der Waals surface area contributed by atoms with E-state index in [2.05, 4.69) is 15.9 Å². The zero-order valence-corrected chi connectivity index (χ0v) is 13.1. The Kier molecular flexibility index (Phi) is 8.88. The van der Waals surface area contributed by atoms with Crippen LogP contribution >= 0.6 is 15.9 Å². The van der Waals surface area contributed by atoms with Gasteiger partial charge in [0.25, 0.3) is 0 Å². The Hall–Kier alpha value is -0.580. The Bertz CT molecular complexity index is 284. The van der Waals surface area contributed by atoms with E-state index in [1.54, 1.807) is 0 Å². The monoisotopic (exact) mass is 333 g/mol. The second-order valence-corrected chi connectivity index (χ2v) is 5.72. The number of cyclic esters (lactones) is 1. The van der Waals surface area contributed by atoms with E-state index in [1.165, 1.54) is 43.4 Å². The molecule has 0 aliphatic carbocycles. The van der Waals surface area contributed by atoms with E-state index in [0.29, 0.717) is 19.6 Å². The first-order chi connectivity index (χ1) is 9.25. The van der Waals surface area contributed by atoms with Crippen molar-refractivity contribution in [2.75, 3.05) is 18.5 Å². The molecule has 0 N–H and O–H groups in total. The predicted molar refractivity (Wildman–Crippen MR) is 78.4 cm³/mol. The second-order valence-electron chi connectivity index (χ2n) is 4.93. The highest BCUT2D eigenvalue weighted by Gasteiger charge is 2.27. The molecule has 4 nitrogen and oxygen atoms in total. The molecule has 1 rings (SSSR count). The number of unbranched alkanes of at least 4 members (excludes halogenated alkanes) is 7. The number of ether oxygens (including phenoxy) is 1. The SMILES string of the molecule is O=C(CCCCCCCCCCBr)N1CCOC1=O. The third-order valence-corrected chi connectivity index (χ3v) is 3.90. The quantitative estimate of drug-likeness (QED) is 0.450. The van der Waals surface area contributed by atoms with Crippen molar-refractivity contribution in [2.45, 2.75) is 57.8 Å². The zero-order chi connectivity index (χ0) is 13.9. The topological polar surface area (TPSA) is 46.6 Å². The minimum absolute atomic E-state index is 0.0835. The van der Waals surface area contributed by atoms with Crippen LogP contribution in [0.15, 0.2) is 0 Å². The van der Waals surface area contributed by atoms with E-state index >= 15 is 0 Å². The maximum Gasteiger partial charge on any atom is 0.416 e. The lowest BCUT2D eigenvalue weighted by Gasteiger charge is -2.10. The van der Waals surface area contributed by atoms with Crippen LogP contribution < -0.4 is 0 Å². The molecule has 1 aliphatic rings. The Morgan fingerprint density at radius 1 is 1.05 bits per heavy atom. The second kappa shape index (κ2) is 10.2. The van der Waals surface area contributed by atoms with Gasteiger partial charge in [-0.25, -0.2) is 9.69 Å². The summed E-state index contributed by atoms with van der Waals surface area (Å²) >= 11 is 3.43. The number of hydrogen-bond acceptors (Lipinski definition) is 3. The highest BCUT2D eigenvalue weighted by atomic mass is 79.9. The first-order valence-corrected chi connectivity index (χ1v) is 8.41. The lowest BCUT2D eigenvalue weighted by atomic mass is 10.1. The Labute approximate surface area is 124 Å². The van der Waals surface area contributed by atoms with Gasteiger partial charge in [-0.3, -0.25) is 4.79 Å². The van der Waals surface area contributed by atoms with Crippen molar-refractivity contribution < 1.29 is 14.3 Å². The number of nitrogens with zero attached hydrogens (tertiary/aromatic N) is 1. The van der Waals surface area contributed by atoms with Gasteiger partial charge in [0.1, 0.15) is 6.61 Å². The van der Waals surface area contributed by atoms with Gasteiger partial charge in [-0.15, -0.1) is 0 Å². The van der Waals surface area contributed by atoms with Crippen molar-refractivity contribution in [3.63, 3.8) is 0 Å². The molecule has 110 valence electrons. The third kappa shape index (κ3) is 6.95. The summed E-state index contributed by atoms with van der Waals surface area (Å²) in [5.74, 6) is -0.0835. The summed E-state index contributed by atoms with van der Waals surface area (Å²) in [5.41, 5.74) is 0. The number of amides is 2. The van der Waals surface area contributed by atoms with Crippen molar-refractivity contribution in [3.8, 4) is 0 Å². The average molecular weight is 334 g/mol. The van der Waals surface area contributed by atoms with Crippen molar-refractivity contribution in [3.05, 3.63) is 0 Å². The standard InChI is InChI=1S/C14H24BrNO3/c15-10-8-6-4-2-1-3-5-7-9-13(17)16-11-12-19-14(16)18/h1-12H2. The molecular weight excluding hydrogens is 310 g/mol. The molecule has 2 amide bonds. The first-order valence-electron chi connectivity index (χ1n) is 7.29. The number of carbonyl (C=O) groups excluding carboxylic acids is 2. The van der Waals surface area contributed by atoms with E-state index in [1.807, 2.05) is 0 Å². The summed E-state index contributed by atoms with van der Waals surface area (Å²) in [7, 11) is 0. The van der Waals surface area contributed by atoms with Crippen LogP contribution in [0, 0.1) is 0 Å². The third-order valence-electron chi connectivity index (χ3n) is 3.34. The van der Waals surface area contributed by atoms with E-state index in [-0.39, 0.29) is 5.91 Å². The number of halogens is 1. The predicted octanol–water partition coefficient (Wildman–Crippen LogP) is 3.87. The van der Waals surface area contributed by atoms with Gasteiger partial charge in [0.2, 0.25) is 5.91 Å². The minimum Gasteiger partial charge on any atom is -0.447 e. The molecule has 0 aromatic heterocycles. The van der Waals surface area contributed by atoms with Crippen molar-refractivity contribution in [2.24, 2.45) is 0 Å². The van der Waals surface area contributed by atoms with Crippen LogP contribution in [0.3, 0.4) is 0 Å². The highest BCUT2D eigenvalue weighted by molar-refractivity contribution is 9.09. The molecule has 19 heavy (non-hydrogen) atoms. The van der Waals surface area contributed by atoms with Crippen LogP contribution in [0.2, 0.25) is 0 Å². The van der Waals surface area contributed by atoms with Gasteiger partial charge in [-0.1, -0.05) is 54.5 Å². The molecule has 1 heterocycles. The highest BCUT2D eigenvalue weighted by Crippen LogP contribution is 2.12. The molecule has 0 bridgehead atoms. The summed E-state index contributed by atoms with van der Waals surface area (Å²) in [5, 5.41) is 1.11. The molecule has 1 saturated heterocycles. The fourth-order valence-electron chi connectivity index (χ4n) is 2.19. The van der Waals surface area contributed by atoms with E-state index in [0.717, 1.165) is 18.2 Å². The number of rotatable bonds is 10. The van der Waals surface area contributed by atoms with E-state index in [4.69, 9.17) is 4.74 Å². The van der Waals surface area contributed by atoms with Crippen LogP contribution in [0.25, 0.3) is 0 Å².